The quantitative estimate of drug-likeness (QED) is 0.837. The molecule has 0 spiro atoms. The van der Waals surface area contributed by atoms with Gasteiger partial charge in [-0.3, -0.25) is 9.45 Å². The third kappa shape index (κ3) is 4.44. The predicted octanol–water partition coefficient (Wildman–Crippen LogP) is 2.88. The van der Waals surface area contributed by atoms with Crippen LogP contribution >= 0.6 is 0 Å². The number of hydrogen-bond donors (Lipinski definition) is 2. The van der Waals surface area contributed by atoms with E-state index in [1.54, 1.807) is 4.72 Å². The van der Waals surface area contributed by atoms with Gasteiger partial charge in [-0.25, -0.2) is 9.52 Å². The Morgan fingerprint density at radius 3 is 1.90 bits per heavy atom. The van der Waals surface area contributed by atoms with Crippen molar-refractivity contribution >= 4 is 22.0 Å². The summed E-state index contributed by atoms with van der Waals surface area (Å²) in [6, 6.07) is 4.84. The molecule has 0 aromatic heterocycles. The van der Waals surface area contributed by atoms with Crippen molar-refractivity contribution in [2.75, 3.05) is 11.9 Å². The van der Waals surface area contributed by atoms with Gasteiger partial charge >= 0.3 is 16.3 Å². The van der Waals surface area contributed by atoms with Gasteiger partial charge in [-0.05, 0) is 23.0 Å². The maximum atomic E-state index is 12.0. The molecule has 0 bridgehead atoms. The number of rotatable bonds is 4. The van der Waals surface area contributed by atoms with Gasteiger partial charge in [0.05, 0.1) is 5.69 Å². The van der Waals surface area contributed by atoms with E-state index < -0.39 is 16.3 Å². The second-order valence-corrected chi connectivity index (χ2v) is 6.69. The van der Waals surface area contributed by atoms with Gasteiger partial charge in [0, 0.05) is 7.05 Å². The summed E-state index contributed by atoms with van der Waals surface area (Å²) in [6.07, 6.45) is 0. The zero-order valence-corrected chi connectivity index (χ0v) is 13.7. The van der Waals surface area contributed by atoms with Gasteiger partial charge in [-0.2, -0.15) is 8.42 Å². The first-order valence-electron chi connectivity index (χ1n) is 6.70. The van der Waals surface area contributed by atoms with Gasteiger partial charge in [0.2, 0.25) is 0 Å². The van der Waals surface area contributed by atoms with Crippen LogP contribution in [-0.2, 0) is 10.3 Å². The second-order valence-electron chi connectivity index (χ2n) is 5.54. The summed E-state index contributed by atoms with van der Waals surface area (Å²) in [4.78, 5) is 13.2. The normalized spacial score (nSPS) is 11.8. The average molecular weight is 314 g/mol. The van der Waals surface area contributed by atoms with E-state index in [-0.39, 0.29) is 11.8 Å². The summed E-state index contributed by atoms with van der Waals surface area (Å²) in [6.45, 7) is 7.99. The Morgan fingerprint density at radius 1 is 1.14 bits per heavy atom. The molecule has 0 unspecified atom stereocenters. The second kappa shape index (κ2) is 6.44. The maximum absolute atomic E-state index is 12.0. The molecular formula is C14H22N2O4S. The van der Waals surface area contributed by atoms with E-state index in [0.29, 0.717) is 5.69 Å². The van der Waals surface area contributed by atoms with Crippen molar-refractivity contribution in [3.05, 3.63) is 29.3 Å². The Kier molecular flexibility index (Phi) is 5.36. The lowest BCUT2D eigenvalue weighted by molar-refractivity contribution is 0.251. The summed E-state index contributed by atoms with van der Waals surface area (Å²) in [5.74, 6) is 0.333. The van der Waals surface area contributed by atoms with E-state index in [9.17, 15) is 13.2 Å². The number of urea groups is 1. The molecule has 0 aliphatic carbocycles. The summed E-state index contributed by atoms with van der Waals surface area (Å²) >= 11 is 0. The number of benzene rings is 1. The van der Waals surface area contributed by atoms with Crippen LogP contribution in [0.25, 0.3) is 0 Å². The molecule has 0 aliphatic rings. The molecule has 0 fully saturated rings. The van der Waals surface area contributed by atoms with Crippen molar-refractivity contribution in [1.29, 1.82) is 0 Å². The third-order valence-electron chi connectivity index (χ3n) is 3.20. The largest absolute Gasteiger partial charge is 0.361 e. The molecule has 1 rings (SSSR count). The van der Waals surface area contributed by atoms with Crippen LogP contribution in [0.3, 0.4) is 0 Å². The van der Waals surface area contributed by atoms with Crippen molar-refractivity contribution in [3.8, 4) is 0 Å². The number of para-hydroxylation sites is 1. The van der Waals surface area contributed by atoms with Gasteiger partial charge in [0.25, 0.3) is 0 Å². The van der Waals surface area contributed by atoms with E-state index in [1.807, 2.05) is 45.9 Å². The highest BCUT2D eigenvalue weighted by atomic mass is 32.2. The minimum atomic E-state index is -4.58. The van der Waals surface area contributed by atoms with E-state index in [4.69, 9.17) is 4.55 Å². The summed E-state index contributed by atoms with van der Waals surface area (Å²) in [7, 11) is -3.10. The van der Waals surface area contributed by atoms with Crippen molar-refractivity contribution in [2.45, 2.75) is 39.5 Å². The number of carbonyl (C=O) groups excluding carboxylic acids is 1. The van der Waals surface area contributed by atoms with Crippen LogP contribution in [0.4, 0.5) is 10.5 Å². The molecule has 0 saturated heterocycles. The monoisotopic (exact) mass is 314 g/mol. The highest BCUT2D eigenvalue weighted by molar-refractivity contribution is 7.84. The Bertz CT molecular complexity index is 598. The maximum Gasteiger partial charge on any atom is 0.361 e. The number of carbonyl (C=O) groups is 1. The molecule has 2 N–H and O–H groups in total. The minimum absolute atomic E-state index is 0.166. The Morgan fingerprint density at radius 2 is 1.57 bits per heavy atom. The summed E-state index contributed by atoms with van der Waals surface area (Å²) in [5, 5.41) is 0. The fourth-order valence-corrected chi connectivity index (χ4v) is 2.54. The molecule has 0 heterocycles. The van der Waals surface area contributed by atoms with Gasteiger partial charge in [0.15, 0.2) is 0 Å². The van der Waals surface area contributed by atoms with Crippen molar-refractivity contribution in [2.24, 2.45) is 0 Å². The smallest absolute Gasteiger partial charge is 0.296 e. The number of hydrogen-bond acceptors (Lipinski definition) is 3. The highest BCUT2D eigenvalue weighted by Gasteiger charge is 2.23. The van der Waals surface area contributed by atoms with Crippen LogP contribution in [0.1, 0.15) is 50.7 Å². The summed E-state index contributed by atoms with van der Waals surface area (Å²) in [5.41, 5.74) is 2.55. The Balaban J connectivity index is 3.35. The molecule has 0 atom stereocenters. The van der Waals surface area contributed by atoms with Gasteiger partial charge in [-0.15, -0.1) is 0 Å². The SMILES string of the molecule is CC(C)c1cccc(C(C)C)c1N(C)C(=O)NS(=O)(=O)O. The molecule has 1 aromatic rings. The lowest BCUT2D eigenvalue weighted by Gasteiger charge is -2.26. The van der Waals surface area contributed by atoms with Crippen molar-refractivity contribution in [1.82, 2.24) is 4.72 Å². The van der Waals surface area contributed by atoms with Crippen molar-refractivity contribution in [3.63, 3.8) is 0 Å². The van der Waals surface area contributed by atoms with E-state index in [2.05, 4.69) is 0 Å². The van der Waals surface area contributed by atoms with E-state index >= 15 is 0 Å². The zero-order chi connectivity index (χ0) is 16.4. The zero-order valence-electron chi connectivity index (χ0n) is 12.9. The fourth-order valence-electron chi connectivity index (χ4n) is 2.18. The van der Waals surface area contributed by atoms with Crippen LogP contribution in [-0.4, -0.2) is 26.0 Å². The Hall–Kier alpha value is -1.60. The fraction of sp³-hybridized carbons (Fsp3) is 0.500. The van der Waals surface area contributed by atoms with Crippen LogP contribution < -0.4 is 9.62 Å². The van der Waals surface area contributed by atoms with Gasteiger partial charge < -0.3 is 0 Å². The van der Waals surface area contributed by atoms with Crippen LogP contribution in [0.15, 0.2) is 18.2 Å². The molecule has 21 heavy (non-hydrogen) atoms. The van der Waals surface area contributed by atoms with Gasteiger partial charge in [-0.1, -0.05) is 45.9 Å². The van der Waals surface area contributed by atoms with Crippen LogP contribution in [0.2, 0.25) is 0 Å². The molecule has 0 radical (unpaired) electrons. The number of anilines is 1. The molecule has 0 saturated carbocycles. The summed E-state index contributed by atoms with van der Waals surface area (Å²) < 4.78 is 31.9. The minimum Gasteiger partial charge on any atom is -0.296 e. The molecule has 0 aliphatic heterocycles. The molecule has 118 valence electrons. The first-order valence-corrected chi connectivity index (χ1v) is 8.14. The highest BCUT2D eigenvalue weighted by Crippen LogP contribution is 2.34. The Labute approximate surface area is 126 Å². The standard InChI is InChI=1S/C14H22N2O4S/c1-9(2)11-7-6-8-12(10(3)4)13(11)16(5)14(17)15-21(18,19)20/h6-10H,1-5H3,(H,15,17)(H,18,19,20). The molecule has 2 amide bonds. The van der Waals surface area contributed by atoms with Crippen LogP contribution in [0, 0.1) is 0 Å². The number of nitrogens with zero attached hydrogens (tertiary/aromatic N) is 1. The van der Waals surface area contributed by atoms with Gasteiger partial charge in [0.1, 0.15) is 0 Å². The molecular weight excluding hydrogens is 292 g/mol. The van der Waals surface area contributed by atoms with E-state index in [0.717, 1.165) is 11.1 Å². The lowest BCUT2D eigenvalue weighted by atomic mass is 9.92. The van der Waals surface area contributed by atoms with Crippen molar-refractivity contribution < 1.29 is 17.8 Å². The molecule has 1 aromatic carbocycles. The molecule has 6 nitrogen and oxygen atoms in total. The first kappa shape index (κ1) is 17.5. The lowest BCUT2D eigenvalue weighted by Crippen LogP contribution is -2.41. The average Bonchev–Trinajstić information content (AvgIpc) is 2.34. The molecule has 7 heteroatoms. The van der Waals surface area contributed by atoms with Crippen LogP contribution in [0.5, 0.6) is 0 Å². The third-order valence-corrected chi connectivity index (χ3v) is 3.63. The first-order chi connectivity index (χ1) is 9.54. The topological polar surface area (TPSA) is 86.7 Å². The predicted molar refractivity (Wildman–Crippen MR) is 83.1 cm³/mol. The number of amides is 2. The van der Waals surface area contributed by atoms with E-state index in [1.165, 1.54) is 11.9 Å². The number of nitrogens with one attached hydrogen (secondary N) is 1.